The Balaban J connectivity index is 1.70. The highest BCUT2D eigenvalue weighted by molar-refractivity contribution is 5.95. The molecule has 5 heteroatoms. The molecule has 5 nitrogen and oxygen atoms in total. The summed E-state index contributed by atoms with van der Waals surface area (Å²) in [7, 11) is 0. The molecule has 30 heavy (non-hydrogen) atoms. The minimum atomic E-state index is -0.996. The van der Waals surface area contributed by atoms with Crippen molar-refractivity contribution in [3.63, 3.8) is 0 Å². The average molecular weight is 393 g/mol. The number of aromatic carboxylic acids is 1. The van der Waals surface area contributed by atoms with Gasteiger partial charge in [-0.2, -0.15) is 0 Å². The summed E-state index contributed by atoms with van der Waals surface area (Å²) in [6.45, 7) is 0. The average Bonchev–Trinajstić information content (AvgIpc) is 2.79. The molecule has 0 unspecified atom stereocenters. The first-order valence-corrected chi connectivity index (χ1v) is 9.84. The van der Waals surface area contributed by atoms with E-state index in [1.54, 1.807) is 24.3 Å². The fourth-order valence-corrected chi connectivity index (χ4v) is 3.96. The molecule has 2 N–H and O–H groups in total. The molecule has 5 rings (SSSR count). The predicted molar refractivity (Wildman–Crippen MR) is 117 cm³/mol. The fraction of sp³-hybridized carbons (Fsp3) is 0.0800. The summed E-state index contributed by atoms with van der Waals surface area (Å²) in [6, 6.07) is 25.1. The number of rotatable bonds is 4. The van der Waals surface area contributed by atoms with E-state index < -0.39 is 5.97 Å². The first kappa shape index (κ1) is 18.1. The van der Waals surface area contributed by atoms with Crippen LogP contribution < -0.4 is 5.32 Å². The Hall–Kier alpha value is -3.99. The normalized spacial score (nSPS) is 12.0. The van der Waals surface area contributed by atoms with Crippen LogP contribution in [0.5, 0.6) is 0 Å². The van der Waals surface area contributed by atoms with Crippen molar-refractivity contribution in [2.75, 3.05) is 5.32 Å². The van der Waals surface area contributed by atoms with Gasteiger partial charge in [-0.15, -0.1) is 0 Å². The molecule has 1 aliphatic carbocycles. The second-order valence-electron chi connectivity index (χ2n) is 7.22. The third kappa shape index (κ3) is 3.20. The van der Waals surface area contributed by atoms with E-state index in [0.717, 1.165) is 40.9 Å². The zero-order valence-corrected chi connectivity index (χ0v) is 16.2. The van der Waals surface area contributed by atoms with Gasteiger partial charge in [0.1, 0.15) is 0 Å². The lowest BCUT2D eigenvalue weighted by atomic mass is 9.87. The van der Waals surface area contributed by atoms with Crippen molar-refractivity contribution in [3.8, 4) is 22.5 Å². The number of carboxylic acid groups (broad SMARTS) is 1. The number of hydrogen-bond acceptors (Lipinski definition) is 4. The number of fused-ring (bicyclic) bond motifs is 3. The van der Waals surface area contributed by atoms with E-state index in [9.17, 15) is 9.90 Å². The molecule has 1 heterocycles. The van der Waals surface area contributed by atoms with Crippen molar-refractivity contribution in [1.82, 2.24) is 9.97 Å². The van der Waals surface area contributed by atoms with Gasteiger partial charge in [-0.25, -0.2) is 14.8 Å². The van der Waals surface area contributed by atoms with E-state index in [-0.39, 0.29) is 5.56 Å². The van der Waals surface area contributed by atoms with E-state index in [2.05, 4.69) is 17.4 Å². The maximum absolute atomic E-state index is 11.6. The van der Waals surface area contributed by atoms with Crippen LogP contribution in [0, 0.1) is 0 Å². The molecule has 0 saturated heterocycles. The number of nitrogens with zero attached hydrogens (tertiary/aromatic N) is 2. The molecule has 1 aromatic heterocycles. The number of para-hydroxylation sites is 1. The second kappa shape index (κ2) is 7.44. The summed E-state index contributed by atoms with van der Waals surface area (Å²) in [4.78, 5) is 21.2. The van der Waals surface area contributed by atoms with Crippen molar-refractivity contribution in [1.29, 1.82) is 0 Å². The van der Waals surface area contributed by atoms with Crippen LogP contribution >= 0.6 is 0 Å². The smallest absolute Gasteiger partial charge is 0.337 e. The van der Waals surface area contributed by atoms with Gasteiger partial charge < -0.3 is 10.4 Å². The molecule has 0 amide bonds. The lowest BCUT2D eigenvalue weighted by Gasteiger charge is -2.22. The van der Waals surface area contributed by atoms with Crippen LogP contribution in [0.25, 0.3) is 22.5 Å². The van der Waals surface area contributed by atoms with Gasteiger partial charge in [-0.1, -0.05) is 66.7 Å². The topological polar surface area (TPSA) is 75.1 Å². The van der Waals surface area contributed by atoms with E-state index in [1.165, 1.54) is 5.56 Å². The molecule has 0 aliphatic heterocycles. The third-order valence-electron chi connectivity index (χ3n) is 5.38. The van der Waals surface area contributed by atoms with Gasteiger partial charge in [0.2, 0.25) is 5.95 Å². The molecule has 0 spiro atoms. The minimum absolute atomic E-state index is 0.181. The first-order chi connectivity index (χ1) is 14.7. The summed E-state index contributed by atoms with van der Waals surface area (Å²) >= 11 is 0. The van der Waals surface area contributed by atoms with Crippen molar-refractivity contribution in [3.05, 3.63) is 95.6 Å². The highest BCUT2D eigenvalue weighted by Crippen LogP contribution is 2.38. The van der Waals surface area contributed by atoms with Gasteiger partial charge in [0.25, 0.3) is 0 Å². The highest BCUT2D eigenvalue weighted by Gasteiger charge is 2.23. The summed E-state index contributed by atoms with van der Waals surface area (Å²) in [5.74, 6) is -0.609. The highest BCUT2D eigenvalue weighted by atomic mass is 16.4. The van der Waals surface area contributed by atoms with Crippen molar-refractivity contribution >= 4 is 17.6 Å². The van der Waals surface area contributed by atoms with Crippen LogP contribution in [-0.4, -0.2) is 21.0 Å². The predicted octanol–water partition coefficient (Wildman–Crippen LogP) is 5.35. The Morgan fingerprint density at radius 2 is 1.50 bits per heavy atom. The second-order valence-corrected chi connectivity index (χ2v) is 7.22. The molecule has 0 bridgehead atoms. The summed E-state index contributed by atoms with van der Waals surface area (Å²) in [5, 5.41) is 12.7. The fourth-order valence-electron chi connectivity index (χ4n) is 3.96. The molecule has 4 aromatic rings. The number of aromatic nitrogens is 2. The van der Waals surface area contributed by atoms with E-state index in [0.29, 0.717) is 11.6 Å². The largest absolute Gasteiger partial charge is 0.478 e. The SMILES string of the molecule is O=C(O)c1ccccc1Nc1nc(-c2ccccc2)c2c(n1)-c1ccccc1CC2. The summed E-state index contributed by atoms with van der Waals surface area (Å²) < 4.78 is 0. The van der Waals surface area contributed by atoms with Crippen LogP contribution in [0.4, 0.5) is 11.6 Å². The van der Waals surface area contributed by atoms with Crippen LogP contribution in [0.2, 0.25) is 0 Å². The van der Waals surface area contributed by atoms with Crippen molar-refractivity contribution < 1.29 is 9.90 Å². The Kier molecular flexibility index (Phi) is 4.48. The van der Waals surface area contributed by atoms with Crippen LogP contribution in [0.1, 0.15) is 21.5 Å². The molecule has 0 radical (unpaired) electrons. The number of benzene rings is 3. The maximum Gasteiger partial charge on any atom is 0.337 e. The summed E-state index contributed by atoms with van der Waals surface area (Å²) in [6.07, 6.45) is 1.81. The van der Waals surface area contributed by atoms with E-state index in [1.807, 2.05) is 42.5 Å². The quantitative estimate of drug-likeness (QED) is 0.489. The Morgan fingerprint density at radius 1 is 0.800 bits per heavy atom. The number of aryl methyl sites for hydroxylation is 1. The Labute approximate surface area is 174 Å². The molecule has 0 atom stereocenters. The zero-order valence-electron chi connectivity index (χ0n) is 16.2. The number of anilines is 2. The van der Waals surface area contributed by atoms with Crippen molar-refractivity contribution in [2.45, 2.75) is 12.8 Å². The third-order valence-corrected chi connectivity index (χ3v) is 5.38. The minimum Gasteiger partial charge on any atom is -0.478 e. The van der Waals surface area contributed by atoms with Gasteiger partial charge in [0.15, 0.2) is 0 Å². The van der Waals surface area contributed by atoms with E-state index in [4.69, 9.17) is 9.97 Å². The summed E-state index contributed by atoms with van der Waals surface area (Å²) in [5.41, 5.74) is 6.94. The lowest BCUT2D eigenvalue weighted by molar-refractivity contribution is 0.0698. The Bertz CT molecular complexity index is 1240. The lowest BCUT2D eigenvalue weighted by Crippen LogP contribution is -2.12. The monoisotopic (exact) mass is 393 g/mol. The van der Waals surface area contributed by atoms with Crippen molar-refractivity contribution in [2.24, 2.45) is 0 Å². The molecular weight excluding hydrogens is 374 g/mol. The zero-order chi connectivity index (χ0) is 20.5. The Morgan fingerprint density at radius 3 is 2.33 bits per heavy atom. The number of carboxylic acids is 1. The molecule has 0 fully saturated rings. The molecule has 1 aliphatic rings. The van der Waals surface area contributed by atoms with Crippen LogP contribution in [0.15, 0.2) is 78.9 Å². The van der Waals surface area contributed by atoms with Gasteiger partial charge >= 0.3 is 5.97 Å². The molecule has 146 valence electrons. The molecule has 0 saturated carbocycles. The number of nitrogens with one attached hydrogen (secondary N) is 1. The number of carbonyl (C=O) groups is 1. The molecule has 3 aromatic carbocycles. The van der Waals surface area contributed by atoms with Gasteiger partial charge in [-0.3, -0.25) is 0 Å². The maximum atomic E-state index is 11.6. The van der Waals surface area contributed by atoms with Gasteiger partial charge in [-0.05, 0) is 30.5 Å². The van der Waals surface area contributed by atoms with Gasteiger partial charge in [0.05, 0.1) is 22.6 Å². The number of hydrogen-bond donors (Lipinski definition) is 2. The van der Waals surface area contributed by atoms with E-state index >= 15 is 0 Å². The standard InChI is InChI=1S/C25H19N3O2/c29-24(30)19-12-6-7-13-21(19)26-25-27-22(17-9-2-1-3-10-17)20-15-14-16-8-4-5-11-18(16)23(20)28-25/h1-13H,14-15H2,(H,29,30)(H,26,27,28). The van der Waals surface area contributed by atoms with Gasteiger partial charge in [0, 0.05) is 16.7 Å². The van der Waals surface area contributed by atoms with Crippen LogP contribution in [-0.2, 0) is 12.8 Å². The van der Waals surface area contributed by atoms with Crippen LogP contribution in [0.3, 0.4) is 0 Å². The molecular formula is C25H19N3O2. The first-order valence-electron chi connectivity index (χ1n) is 9.84.